The van der Waals surface area contributed by atoms with Crippen LogP contribution in [-0.4, -0.2) is 26.7 Å². The van der Waals surface area contributed by atoms with Gasteiger partial charge in [-0.25, -0.2) is 4.98 Å². The highest BCUT2D eigenvalue weighted by Gasteiger charge is 2.58. The van der Waals surface area contributed by atoms with Crippen molar-refractivity contribution in [3.05, 3.63) is 42.4 Å². The van der Waals surface area contributed by atoms with E-state index in [0.29, 0.717) is 12.8 Å². The van der Waals surface area contributed by atoms with Gasteiger partial charge in [0.15, 0.2) is 0 Å². The summed E-state index contributed by atoms with van der Waals surface area (Å²) in [6, 6.07) is 7.64. The monoisotopic (exact) mass is 269 g/mol. The van der Waals surface area contributed by atoms with E-state index in [1.165, 1.54) is 0 Å². The van der Waals surface area contributed by atoms with Crippen LogP contribution in [0.1, 0.15) is 24.4 Å². The van der Waals surface area contributed by atoms with E-state index in [1.54, 1.807) is 12.5 Å². The second-order valence-electron chi connectivity index (χ2n) is 5.68. The lowest BCUT2D eigenvalue weighted by Gasteiger charge is -2.27. The number of primary amides is 1. The van der Waals surface area contributed by atoms with Gasteiger partial charge in [0.1, 0.15) is 0 Å². The molecule has 1 saturated carbocycles. The highest BCUT2D eigenvalue weighted by atomic mass is 16.3. The number of benzene rings is 1. The number of nitrogens with zero attached hydrogens (tertiary/aromatic N) is 2. The topological polar surface area (TPSA) is 81.1 Å². The Bertz CT molecular complexity index is 703. The number of nitrogens with two attached hydrogens (primary N) is 1. The maximum Gasteiger partial charge on any atom is 0.226 e. The number of carbonyl (C=O) groups is 1. The summed E-state index contributed by atoms with van der Waals surface area (Å²) >= 11 is 0. The molecule has 1 fully saturated rings. The molecule has 1 amide bonds. The first-order valence-electron chi connectivity index (χ1n) is 6.74. The number of carbonyl (C=O) groups excluding carboxylic acids is 1. The minimum atomic E-state index is -0.809. The molecule has 2 heterocycles. The van der Waals surface area contributed by atoms with Gasteiger partial charge in [0, 0.05) is 5.56 Å². The Morgan fingerprint density at radius 1 is 1.45 bits per heavy atom. The molecular formula is C15H15N3O2. The summed E-state index contributed by atoms with van der Waals surface area (Å²) in [5, 5.41) is 10.8. The van der Waals surface area contributed by atoms with Crippen molar-refractivity contribution in [2.45, 2.75) is 25.0 Å². The lowest BCUT2D eigenvalue weighted by molar-refractivity contribution is -0.128. The number of rotatable bonds is 3. The van der Waals surface area contributed by atoms with E-state index in [9.17, 15) is 9.90 Å². The smallest absolute Gasteiger partial charge is 0.226 e. The molecule has 5 heteroatoms. The zero-order valence-electron chi connectivity index (χ0n) is 10.9. The van der Waals surface area contributed by atoms with Crippen molar-refractivity contribution in [2.75, 3.05) is 0 Å². The molecule has 1 aliphatic carbocycles. The number of hydrogen-bond acceptors (Lipinski definition) is 3. The third kappa shape index (κ3) is 1.30. The fraction of sp³-hybridized carbons (Fsp3) is 0.333. The van der Waals surface area contributed by atoms with Crippen molar-refractivity contribution < 1.29 is 9.90 Å². The average molecular weight is 269 g/mol. The van der Waals surface area contributed by atoms with Crippen LogP contribution in [0.3, 0.4) is 0 Å². The van der Waals surface area contributed by atoms with E-state index in [2.05, 4.69) is 4.98 Å². The maximum atomic E-state index is 11.7. The third-order valence-corrected chi connectivity index (χ3v) is 4.67. The first-order valence-corrected chi connectivity index (χ1v) is 6.74. The van der Waals surface area contributed by atoms with Gasteiger partial charge in [-0.3, -0.25) is 4.79 Å². The van der Waals surface area contributed by atoms with Gasteiger partial charge < -0.3 is 15.4 Å². The number of hydrogen-bond donors (Lipinski definition) is 2. The predicted molar refractivity (Wildman–Crippen MR) is 72.7 cm³/mol. The summed E-state index contributed by atoms with van der Waals surface area (Å²) in [6.45, 7) is 0. The van der Waals surface area contributed by atoms with Crippen LogP contribution < -0.4 is 5.73 Å². The van der Waals surface area contributed by atoms with Crippen LogP contribution in [0.25, 0.3) is 11.3 Å². The Labute approximate surface area is 116 Å². The fourth-order valence-electron chi connectivity index (χ4n) is 3.32. The molecular weight excluding hydrogens is 254 g/mol. The molecule has 0 spiro atoms. The molecule has 102 valence electrons. The molecule has 0 unspecified atom stereocenters. The Balaban J connectivity index is 1.85. The largest absolute Gasteiger partial charge is 0.389 e. The van der Waals surface area contributed by atoms with Gasteiger partial charge in [0.25, 0.3) is 0 Å². The van der Waals surface area contributed by atoms with E-state index in [-0.39, 0.29) is 6.04 Å². The molecule has 3 N–H and O–H groups in total. The van der Waals surface area contributed by atoms with Crippen molar-refractivity contribution in [1.82, 2.24) is 9.55 Å². The van der Waals surface area contributed by atoms with Crippen LogP contribution in [0.15, 0.2) is 36.8 Å². The van der Waals surface area contributed by atoms with Gasteiger partial charge in [-0.05, 0) is 18.4 Å². The summed E-state index contributed by atoms with van der Waals surface area (Å²) in [7, 11) is 0. The number of aliphatic hydroxyl groups excluding tert-OH is 1. The van der Waals surface area contributed by atoms with E-state index in [4.69, 9.17) is 5.73 Å². The van der Waals surface area contributed by atoms with Crippen molar-refractivity contribution in [2.24, 2.45) is 11.1 Å². The zero-order valence-corrected chi connectivity index (χ0v) is 10.9. The van der Waals surface area contributed by atoms with Gasteiger partial charge in [-0.1, -0.05) is 24.3 Å². The van der Waals surface area contributed by atoms with Gasteiger partial charge in [-0.2, -0.15) is 0 Å². The van der Waals surface area contributed by atoms with Crippen LogP contribution >= 0.6 is 0 Å². The first kappa shape index (κ1) is 11.7. The highest BCUT2D eigenvalue weighted by molar-refractivity contribution is 5.85. The van der Waals surface area contributed by atoms with Crippen LogP contribution in [0.4, 0.5) is 0 Å². The molecule has 1 aromatic heterocycles. The first-order chi connectivity index (χ1) is 9.65. The molecule has 0 saturated heterocycles. The molecule has 2 aromatic rings. The summed E-state index contributed by atoms with van der Waals surface area (Å²) in [5.74, 6) is -0.406. The Kier molecular flexibility index (Phi) is 2.16. The van der Waals surface area contributed by atoms with E-state index >= 15 is 0 Å². The molecule has 1 aliphatic heterocycles. The molecule has 0 radical (unpaired) electrons. The number of imidazole rings is 1. The van der Waals surface area contributed by atoms with Crippen molar-refractivity contribution >= 4 is 5.91 Å². The van der Waals surface area contributed by atoms with Crippen LogP contribution in [-0.2, 0) is 4.79 Å². The van der Waals surface area contributed by atoms with Crippen LogP contribution in [0.5, 0.6) is 0 Å². The summed E-state index contributed by atoms with van der Waals surface area (Å²) in [4.78, 5) is 15.8. The van der Waals surface area contributed by atoms with Gasteiger partial charge in [0.2, 0.25) is 5.91 Å². The third-order valence-electron chi connectivity index (χ3n) is 4.67. The molecule has 5 nitrogen and oxygen atoms in total. The lowest BCUT2D eigenvalue weighted by Crippen LogP contribution is -2.40. The zero-order chi connectivity index (χ0) is 13.9. The Hall–Kier alpha value is -2.14. The number of aromatic nitrogens is 2. The maximum absolute atomic E-state index is 11.7. The minimum Gasteiger partial charge on any atom is -0.389 e. The predicted octanol–water partition coefficient (Wildman–Crippen LogP) is 1.08. The molecule has 1 aromatic carbocycles. The lowest BCUT2D eigenvalue weighted by atomic mass is 9.88. The second-order valence-corrected chi connectivity index (χ2v) is 5.68. The quantitative estimate of drug-likeness (QED) is 0.874. The number of amides is 1. The van der Waals surface area contributed by atoms with Gasteiger partial charge >= 0.3 is 0 Å². The van der Waals surface area contributed by atoms with Crippen molar-refractivity contribution in [3.8, 4) is 11.3 Å². The van der Waals surface area contributed by atoms with Crippen LogP contribution in [0, 0.1) is 5.41 Å². The number of fused-ring (bicyclic) bond motifs is 3. The van der Waals surface area contributed by atoms with E-state index in [1.807, 2.05) is 28.8 Å². The molecule has 4 rings (SSSR count). The SMILES string of the molecule is NC(=O)C1([C@@H](O)[C@@H]2c3ccccc3-c3cncn32)CC1. The number of aliphatic hydroxyl groups is 1. The Morgan fingerprint density at radius 2 is 2.20 bits per heavy atom. The van der Waals surface area contributed by atoms with Gasteiger partial charge in [0.05, 0.1) is 35.8 Å². The Morgan fingerprint density at radius 3 is 2.90 bits per heavy atom. The fourth-order valence-corrected chi connectivity index (χ4v) is 3.32. The van der Waals surface area contributed by atoms with Gasteiger partial charge in [-0.15, -0.1) is 0 Å². The molecule has 2 aliphatic rings. The standard InChI is InChI=1S/C15H15N3O2/c16-14(20)15(5-6-15)13(19)12-10-4-2-1-3-9(10)11-7-17-8-18(11)12/h1-4,7-8,12-13,19H,5-6H2,(H2,16,20)/t12-,13-/m0/s1. The molecule has 0 bridgehead atoms. The molecule has 2 atom stereocenters. The van der Waals surface area contributed by atoms with Crippen molar-refractivity contribution in [3.63, 3.8) is 0 Å². The van der Waals surface area contributed by atoms with E-state index < -0.39 is 17.4 Å². The molecule has 20 heavy (non-hydrogen) atoms. The van der Waals surface area contributed by atoms with E-state index in [0.717, 1.165) is 16.8 Å². The normalized spacial score (nSPS) is 22.9. The summed E-state index contributed by atoms with van der Waals surface area (Å²) in [5.41, 5.74) is 7.79. The summed E-state index contributed by atoms with van der Waals surface area (Å²) in [6.07, 6.45) is 4.00. The average Bonchev–Trinajstić information content (AvgIpc) is 3.03. The van der Waals surface area contributed by atoms with Crippen molar-refractivity contribution in [1.29, 1.82) is 0 Å². The highest BCUT2D eigenvalue weighted by Crippen LogP contribution is 2.54. The second kappa shape index (κ2) is 3.70. The minimum absolute atomic E-state index is 0.279. The summed E-state index contributed by atoms with van der Waals surface area (Å²) < 4.78 is 1.94. The van der Waals surface area contributed by atoms with Crippen LogP contribution in [0.2, 0.25) is 0 Å².